The zero-order valence-corrected chi connectivity index (χ0v) is 8.59. The fourth-order valence-electron chi connectivity index (χ4n) is 1.40. The minimum absolute atomic E-state index is 0.0333. The number of aromatic nitrogens is 3. The maximum absolute atomic E-state index is 13.1. The van der Waals surface area contributed by atoms with E-state index >= 15 is 0 Å². The monoisotopic (exact) mass is 256 g/mol. The summed E-state index contributed by atoms with van der Waals surface area (Å²) in [6, 6.07) is 4.06. The van der Waals surface area contributed by atoms with E-state index in [-0.39, 0.29) is 17.0 Å². The van der Waals surface area contributed by atoms with Crippen LogP contribution in [0.3, 0.4) is 0 Å². The van der Waals surface area contributed by atoms with E-state index in [9.17, 15) is 17.6 Å². The Morgan fingerprint density at radius 1 is 1.28 bits per heavy atom. The van der Waals surface area contributed by atoms with Crippen LogP contribution in [0, 0.1) is 17.1 Å². The highest BCUT2D eigenvalue weighted by Crippen LogP contribution is 2.34. The fourth-order valence-corrected chi connectivity index (χ4v) is 1.40. The quantitative estimate of drug-likeness (QED) is 0.797. The number of nitriles is 1. The van der Waals surface area contributed by atoms with Gasteiger partial charge in [0.1, 0.15) is 17.6 Å². The van der Waals surface area contributed by atoms with Gasteiger partial charge >= 0.3 is 6.18 Å². The molecule has 0 spiro atoms. The predicted octanol–water partition coefficient (Wildman–Crippen LogP) is 2.50. The number of alkyl halides is 3. The van der Waals surface area contributed by atoms with E-state index in [2.05, 4.69) is 15.4 Å². The van der Waals surface area contributed by atoms with E-state index in [0.29, 0.717) is 12.1 Å². The van der Waals surface area contributed by atoms with Gasteiger partial charge in [-0.1, -0.05) is 5.21 Å². The molecule has 1 aromatic carbocycles. The second-order valence-electron chi connectivity index (χ2n) is 3.34. The van der Waals surface area contributed by atoms with Crippen molar-refractivity contribution >= 4 is 0 Å². The van der Waals surface area contributed by atoms with Crippen molar-refractivity contribution in [3.05, 3.63) is 35.3 Å². The SMILES string of the molecule is N#Cc1[nH]nnc1-c1ccc(F)c(C(F)(F)F)c1. The number of hydrogen-bond donors (Lipinski definition) is 1. The summed E-state index contributed by atoms with van der Waals surface area (Å²) in [7, 11) is 0. The average molecular weight is 256 g/mol. The van der Waals surface area contributed by atoms with Crippen LogP contribution in [0.5, 0.6) is 0 Å². The summed E-state index contributed by atoms with van der Waals surface area (Å²) in [5, 5.41) is 17.7. The smallest absolute Gasteiger partial charge is 0.247 e. The van der Waals surface area contributed by atoms with Crippen molar-refractivity contribution < 1.29 is 17.6 Å². The summed E-state index contributed by atoms with van der Waals surface area (Å²) in [4.78, 5) is 0. The Balaban J connectivity index is 2.59. The van der Waals surface area contributed by atoms with Gasteiger partial charge in [-0.15, -0.1) is 5.10 Å². The minimum Gasteiger partial charge on any atom is -0.247 e. The van der Waals surface area contributed by atoms with E-state index < -0.39 is 17.6 Å². The van der Waals surface area contributed by atoms with Crippen LogP contribution >= 0.6 is 0 Å². The summed E-state index contributed by atoms with van der Waals surface area (Å²) >= 11 is 0. The molecule has 2 rings (SSSR count). The molecule has 1 aromatic heterocycles. The van der Waals surface area contributed by atoms with E-state index in [4.69, 9.17) is 5.26 Å². The van der Waals surface area contributed by atoms with Crippen molar-refractivity contribution in [1.29, 1.82) is 5.26 Å². The molecule has 0 bridgehead atoms. The summed E-state index contributed by atoms with van der Waals surface area (Å²) in [6.07, 6.45) is -4.81. The maximum atomic E-state index is 13.1. The molecule has 0 fully saturated rings. The van der Waals surface area contributed by atoms with Crippen LogP contribution in [-0.2, 0) is 6.18 Å². The number of nitrogens with zero attached hydrogens (tertiary/aromatic N) is 3. The van der Waals surface area contributed by atoms with Gasteiger partial charge in [0.15, 0.2) is 5.69 Å². The Morgan fingerprint density at radius 2 is 2.00 bits per heavy atom. The van der Waals surface area contributed by atoms with Crippen molar-refractivity contribution in [3.63, 3.8) is 0 Å². The maximum Gasteiger partial charge on any atom is 0.419 e. The Bertz CT molecular complexity index is 624. The van der Waals surface area contributed by atoms with E-state index in [1.165, 1.54) is 0 Å². The lowest BCUT2D eigenvalue weighted by atomic mass is 10.1. The summed E-state index contributed by atoms with van der Waals surface area (Å²) in [5.74, 6) is -1.38. The van der Waals surface area contributed by atoms with Gasteiger partial charge in [-0.3, -0.25) is 0 Å². The fraction of sp³-hybridized carbons (Fsp3) is 0.100. The number of hydrogen-bond acceptors (Lipinski definition) is 3. The molecule has 0 saturated heterocycles. The Kier molecular flexibility index (Phi) is 2.74. The molecule has 1 N–H and O–H groups in total. The van der Waals surface area contributed by atoms with Crippen molar-refractivity contribution in [2.45, 2.75) is 6.18 Å². The molecule has 0 atom stereocenters. The lowest BCUT2D eigenvalue weighted by Gasteiger charge is -2.08. The van der Waals surface area contributed by atoms with E-state index in [0.717, 1.165) is 6.07 Å². The zero-order valence-electron chi connectivity index (χ0n) is 8.59. The lowest BCUT2D eigenvalue weighted by molar-refractivity contribution is -0.139. The average Bonchev–Trinajstić information content (AvgIpc) is 2.76. The lowest BCUT2D eigenvalue weighted by Crippen LogP contribution is -2.08. The molecule has 0 aliphatic heterocycles. The van der Waals surface area contributed by atoms with E-state index in [1.807, 2.05) is 0 Å². The van der Waals surface area contributed by atoms with Gasteiger partial charge in [0, 0.05) is 5.56 Å². The molecule has 1 heterocycles. The topological polar surface area (TPSA) is 65.4 Å². The van der Waals surface area contributed by atoms with Crippen LogP contribution in [0.2, 0.25) is 0 Å². The van der Waals surface area contributed by atoms with Gasteiger partial charge in [-0.05, 0) is 18.2 Å². The number of rotatable bonds is 1. The van der Waals surface area contributed by atoms with E-state index in [1.54, 1.807) is 6.07 Å². The first-order valence-electron chi connectivity index (χ1n) is 4.61. The van der Waals surface area contributed by atoms with Gasteiger partial charge in [0.05, 0.1) is 5.56 Å². The van der Waals surface area contributed by atoms with Gasteiger partial charge < -0.3 is 0 Å². The zero-order chi connectivity index (χ0) is 13.3. The highest BCUT2D eigenvalue weighted by Gasteiger charge is 2.34. The molecular weight excluding hydrogens is 252 g/mol. The molecule has 0 aliphatic rings. The van der Waals surface area contributed by atoms with Crippen molar-refractivity contribution in [2.24, 2.45) is 0 Å². The van der Waals surface area contributed by atoms with Crippen LogP contribution in [-0.4, -0.2) is 15.4 Å². The van der Waals surface area contributed by atoms with Crippen LogP contribution < -0.4 is 0 Å². The predicted molar refractivity (Wildman–Crippen MR) is 51.5 cm³/mol. The first kappa shape index (κ1) is 12.0. The summed E-state index contributed by atoms with van der Waals surface area (Å²) in [5.41, 5.74) is -1.58. The first-order valence-corrected chi connectivity index (χ1v) is 4.61. The van der Waals surface area contributed by atoms with Crippen LogP contribution in [0.1, 0.15) is 11.3 Å². The minimum atomic E-state index is -4.81. The third kappa shape index (κ3) is 2.02. The third-order valence-corrected chi connectivity index (χ3v) is 2.21. The molecule has 0 saturated carbocycles. The molecule has 0 unspecified atom stereocenters. The summed E-state index contributed by atoms with van der Waals surface area (Å²) in [6.45, 7) is 0. The number of benzene rings is 1. The van der Waals surface area contributed by atoms with Crippen LogP contribution in [0.4, 0.5) is 17.6 Å². The molecule has 2 aromatic rings. The number of H-pyrrole nitrogens is 1. The van der Waals surface area contributed by atoms with Crippen LogP contribution in [0.25, 0.3) is 11.3 Å². The normalized spacial score (nSPS) is 11.3. The molecule has 0 amide bonds. The van der Waals surface area contributed by atoms with Crippen molar-refractivity contribution in [2.75, 3.05) is 0 Å². The van der Waals surface area contributed by atoms with Gasteiger partial charge in [0.25, 0.3) is 0 Å². The number of aromatic amines is 1. The molecule has 0 radical (unpaired) electrons. The van der Waals surface area contributed by atoms with Gasteiger partial charge in [-0.25, -0.2) is 9.49 Å². The number of nitrogens with one attached hydrogen (secondary N) is 1. The van der Waals surface area contributed by atoms with Crippen molar-refractivity contribution in [3.8, 4) is 17.3 Å². The highest BCUT2D eigenvalue weighted by molar-refractivity contribution is 5.65. The standard InChI is InChI=1S/C10H4F4N4/c11-7-2-1-5(3-6(7)10(12,13)14)9-8(4-15)16-18-17-9/h1-3H,(H,16,17,18). The molecular formula is C10H4F4N4. The number of halogens is 4. The first-order chi connectivity index (χ1) is 8.43. The molecule has 0 aliphatic carbocycles. The van der Waals surface area contributed by atoms with Gasteiger partial charge in [-0.2, -0.15) is 18.4 Å². The molecule has 18 heavy (non-hydrogen) atoms. The van der Waals surface area contributed by atoms with Gasteiger partial charge in [0.2, 0.25) is 0 Å². The van der Waals surface area contributed by atoms with Crippen LogP contribution in [0.15, 0.2) is 18.2 Å². The second-order valence-corrected chi connectivity index (χ2v) is 3.34. The Morgan fingerprint density at radius 3 is 2.61 bits per heavy atom. The largest absolute Gasteiger partial charge is 0.419 e. The second kappa shape index (κ2) is 4.10. The highest BCUT2D eigenvalue weighted by atomic mass is 19.4. The third-order valence-electron chi connectivity index (χ3n) is 2.21. The molecule has 8 heteroatoms. The molecule has 92 valence electrons. The summed E-state index contributed by atoms with van der Waals surface area (Å²) < 4.78 is 50.6. The molecule has 4 nitrogen and oxygen atoms in total. The Hall–Kier alpha value is -2.43. The Labute approximate surface area is 97.9 Å². The van der Waals surface area contributed by atoms with Crippen molar-refractivity contribution in [1.82, 2.24) is 15.4 Å².